The van der Waals surface area contributed by atoms with Crippen molar-refractivity contribution < 1.29 is 18.7 Å². The van der Waals surface area contributed by atoms with Crippen LogP contribution < -0.4 is 5.32 Å². The lowest BCUT2D eigenvalue weighted by Gasteiger charge is -2.09. The number of thiophene rings is 2. The number of rotatable bonds is 8. The molecule has 0 bridgehead atoms. The first kappa shape index (κ1) is 25.1. The summed E-state index contributed by atoms with van der Waals surface area (Å²) in [5.74, 6) is -0.369. The van der Waals surface area contributed by atoms with Crippen LogP contribution in [0.1, 0.15) is 27.7 Å². The van der Waals surface area contributed by atoms with E-state index in [2.05, 4.69) is 34.7 Å². The Hall–Kier alpha value is -3.02. The fourth-order valence-electron chi connectivity index (χ4n) is 3.50. The van der Waals surface area contributed by atoms with E-state index in [-0.39, 0.29) is 23.0 Å². The second-order valence-corrected chi connectivity index (χ2v) is 10.5. The molecular weight excluding hydrogens is 507 g/mol. The molecule has 3 heterocycles. The lowest BCUT2D eigenvalue weighted by Crippen LogP contribution is -2.16. The minimum Gasteiger partial charge on any atom is -0.465 e. The van der Waals surface area contributed by atoms with E-state index in [1.807, 2.05) is 11.5 Å². The predicted octanol–water partition coefficient (Wildman–Crippen LogP) is 6.03. The molecule has 1 N–H and O–H groups in total. The van der Waals surface area contributed by atoms with Gasteiger partial charge in [0.1, 0.15) is 16.4 Å². The maximum atomic E-state index is 13.3. The second kappa shape index (κ2) is 10.7. The number of aryl methyl sites for hydroxylation is 1. The zero-order valence-corrected chi connectivity index (χ0v) is 22.0. The summed E-state index contributed by atoms with van der Waals surface area (Å²) in [6.07, 6.45) is 0. The van der Waals surface area contributed by atoms with Crippen LogP contribution in [-0.4, -0.2) is 39.5 Å². The van der Waals surface area contributed by atoms with E-state index in [0.717, 1.165) is 11.4 Å². The van der Waals surface area contributed by atoms with Crippen molar-refractivity contribution in [1.82, 2.24) is 14.8 Å². The molecule has 0 fully saturated rings. The van der Waals surface area contributed by atoms with Gasteiger partial charge >= 0.3 is 5.97 Å². The minimum atomic E-state index is -0.578. The van der Waals surface area contributed by atoms with Crippen molar-refractivity contribution in [2.45, 2.75) is 32.5 Å². The number of hydrogen-bond donors (Lipinski definition) is 1. The van der Waals surface area contributed by atoms with Gasteiger partial charge in [-0.3, -0.25) is 4.79 Å². The summed E-state index contributed by atoms with van der Waals surface area (Å²) >= 11 is 4.17. The molecule has 182 valence electrons. The smallest absolute Gasteiger partial charge is 0.341 e. The SMILES string of the molecule is CCn1c(SCC(=O)Nc2scc(-c3ccc(F)cc3)c2C(=O)OC)nnc1-c1csc(C)c1C. The van der Waals surface area contributed by atoms with Crippen LogP contribution in [0, 0.1) is 19.7 Å². The number of nitrogens with one attached hydrogen (secondary N) is 1. The number of esters is 1. The molecule has 1 amide bonds. The van der Waals surface area contributed by atoms with Gasteiger partial charge in [0.2, 0.25) is 5.91 Å². The highest BCUT2D eigenvalue weighted by atomic mass is 32.2. The van der Waals surface area contributed by atoms with Crippen molar-refractivity contribution in [3.8, 4) is 22.5 Å². The molecule has 7 nitrogen and oxygen atoms in total. The summed E-state index contributed by atoms with van der Waals surface area (Å²) in [6, 6.07) is 5.80. The molecule has 0 aliphatic rings. The maximum Gasteiger partial charge on any atom is 0.341 e. The Bertz CT molecular complexity index is 1380. The first-order chi connectivity index (χ1) is 16.8. The van der Waals surface area contributed by atoms with E-state index in [1.165, 1.54) is 52.8 Å². The summed E-state index contributed by atoms with van der Waals surface area (Å²) in [5, 5.41) is 16.3. The molecule has 1 aromatic carbocycles. The van der Waals surface area contributed by atoms with Crippen LogP contribution in [0.2, 0.25) is 0 Å². The summed E-state index contributed by atoms with van der Waals surface area (Å²) in [4.78, 5) is 26.5. The number of ether oxygens (including phenoxy) is 1. The Morgan fingerprint density at radius 3 is 2.46 bits per heavy atom. The molecule has 0 atom stereocenters. The first-order valence-electron chi connectivity index (χ1n) is 10.7. The van der Waals surface area contributed by atoms with Crippen LogP contribution in [0.4, 0.5) is 9.39 Å². The quantitative estimate of drug-likeness (QED) is 0.221. The lowest BCUT2D eigenvalue weighted by molar-refractivity contribution is -0.113. The lowest BCUT2D eigenvalue weighted by atomic mass is 10.0. The number of thioether (sulfide) groups is 1. The maximum absolute atomic E-state index is 13.3. The molecule has 0 aliphatic carbocycles. The van der Waals surface area contributed by atoms with Crippen LogP contribution in [0.15, 0.2) is 40.2 Å². The van der Waals surface area contributed by atoms with Gasteiger partial charge < -0.3 is 14.6 Å². The van der Waals surface area contributed by atoms with Crippen molar-refractivity contribution in [3.05, 3.63) is 56.8 Å². The van der Waals surface area contributed by atoms with Crippen molar-refractivity contribution in [1.29, 1.82) is 0 Å². The largest absolute Gasteiger partial charge is 0.465 e. The highest BCUT2D eigenvalue weighted by Crippen LogP contribution is 2.37. The number of benzene rings is 1. The Morgan fingerprint density at radius 1 is 1.11 bits per heavy atom. The molecule has 0 radical (unpaired) electrons. The van der Waals surface area contributed by atoms with Gasteiger partial charge in [-0.2, -0.15) is 0 Å². The first-order valence-corrected chi connectivity index (χ1v) is 13.4. The van der Waals surface area contributed by atoms with E-state index < -0.39 is 5.97 Å². The average Bonchev–Trinajstić information content (AvgIpc) is 3.55. The third-order valence-corrected chi connectivity index (χ3v) is 8.36. The molecular formula is C24H23FN4O3S3. The third kappa shape index (κ3) is 5.16. The van der Waals surface area contributed by atoms with Crippen molar-refractivity contribution in [2.75, 3.05) is 18.2 Å². The van der Waals surface area contributed by atoms with Gasteiger partial charge in [0.25, 0.3) is 0 Å². The van der Waals surface area contributed by atoms with Crippen LogP contribution in [0.3, 0.4) is 0 Å². The van der Waals surface area contributed by atoms with Crippen molar-refractivity contribution in [2.24, 2.45) is 0 Å². The van der Waals surface area contributed by atoms with E-state index in [0.29, 0.717) is 27.8 Å². The molecule has 11 heteroatoms. The summed E-state index contributed by atoms with van der Waals surface area (Å²) in [7, 11) is 1.28. The third-order valence-electron chi connectivity index (χ3n) is 5.48. The summed E-state index contributed by atoms with van der Waals surface area (Å²) in [6.45, 7) is 6.82. The van der Waals surface area contributed by atoms with Crippen LogP contribution in [0.25, 0.3) is 22.5 Å². The van der Waals surface area contributed by atoms with Gasteiger partial charge in [-0.15, -0.1) is 32.9 Å². The zero-order valence-electron chi connectivity index (χ0n) is 19.5. The topological polar surface area (TPSA) is 86.1 Å². The second-order valence-electron chi connectivity index (χ2n) is 7.57. The normalized spacial score (nSPS) is 11.0. The molecule has 0 saturated carbocycles. The average molecular weight is 531 g/mol. The number of anilines is 1. The van der Waals surface area contributed by atoms with Gasteiger partial charge in [0.15, 0.2) is 11.0 Å². The number of halogens is 1. The Labute approximate surface area is 214 Å². The standard InChI is InChI=1S/C24H23FN4O3S3/c1-5-29-21(17-10-33-14(3)13(17)2)27-28-24(29)35-12-19(30)26-22-20(23(31)32-4)18(11-34-22)15-6-8-16(25)9-7-15/h6-11H,5,12H2,1-4H3,(H,26,30). The molecule has 3 aromatic heterocycles. The van der Waals surface area contributed by atoms with Crippen LogP contribution in [-0.2, 0) is 16.1 Å². The Morgan fingerprint density at radius 2 is 1.83 bits per heavy atom. The molecule has 0 saturated heterocycles. The number of carbonyl (C=O) groups excluding carboxylic acids is 2. The van der Waals surface area contributed by atoms with E-state index in [9.17, 15) is 14.0 Å². The molecule has 4 aromatic rings. The number of carbonyl (C=O) groups is 2. The monoisotopic (exact) mass is 530 g/mol. The van der Waals surface area contributed by atoms with E-state index in [1.54, 1.807) is 28.8 Å². The Balaban J connectivity index is 1.51. The van der Waals surface area contributed by atoms with E-state index in [4.69, 9.17) is 4.74 Å². The van der Waals surface area contributed by atoms with Gasteiger partial charge in [0, 0.05) is 33.3 Å². The highest BCUT2D eigenvalue weighted by molar-refractivity contribution is 7.99. The summed E-state index contributed by atoms with van der Waals surface area (Å²) in [5.41, 5.74) is 3.69. The summed E-state index contributed by atoms with van der Waals surface area (Å²) < 4.78 is 20.3. The van der Waals surface area contributed by atoms with Gasteiger partial charge in [-0.1, -0.05) is 23.9 Å². The van der Waals surface area contributed by atoms with Gasteiger partial charge in [-0.25, -0.2) is 9.18 Å². The van der Waals surface area contributed by atoms with Gasteiger partial charge in [-0.05, 0) is 44.0 Å². The van der Waals surface area contributed by atoms with Crippen LogP contribution in [0.5, 0.6) is 0 Å². The number of amides is 1. The zero-order chi connectivity index (χ0) is 25.1. The number of hydrogen-bond acceptors (Lipinski definition) is 8. The molecule has 4 rings (SSSR count). The predicted molar refractivity (Wildman–Crippen MR) is 139 cm³/mol. The molecule has 35 heavy (non-hydrogen) atoms. The highest BCUT2D eigenvalue weighted by Gasteiger charge is 2.23. The molecule has 0 aliphatic heterocycles. The van der Waals surface area contributed by atoms with Crippen LogP contribution >= 0.6 is 34.4 Å². The molecule has 0 unspecified atom stereocenters. The van der Waals surface area contributed by atoms with Crippen molar-refractivity contribution in [3.63, 3.8) is 0 Å². The molecule has 0 spiro atoms. The number of aromatic nitrogens is 3. The fraction of sp³-hybridized carbons (Fsp3) is 0.250. The minimum absolute atomic E-state index is 0.0875. The van der Waals surface area contributed by atoms with Crippen molar-refractivity contribution >= 4 is 51.3 Å². The number of methoxy groups -OCH3 is 1. The number of nitrogens with zero attached hydrogens (tertiary/aromatic N) is 3. The van der Waals surface area contributed by atoms with Gasteiger partial charge in [0.05, 0.1) is 12.9 Å². The van der Waals surface area contributed by atoms with E-state index >= 15 is 0 Å². The fourth-order valence-corrected chi connectivity index (χ4v) is 6.14. The Kier molecular flexibility index (Phi) is 7.68.